The lowest BCUT2D eigenvalue weighted by Gasteiger charge is -2.31. The van der Waals surface area contributed by atoms with Gasteiger partial charge in [-0.25, -0.2) is 4.98 Å². The Morgan fingerprint density at radius 3 is 2.40 bits per heavy atom. The average Bonchev–Trinajstić information content (AvgIpc) is 2.59. The molecule has 1 saturated heterocycles. The average molecular weight is 356 g/mol. The topological polar surface area (TPSA) is 81.1 Å². The van der Waals surface area contributed by atoms with Crippen molar-refractivity contribution in [3.8, 4) is 11.8 Å². The molecule has 0 spiro atoms. The monoisotopic (exact) mass is 355 g/mol. The van der Waals surface area contributed by atoms with Gasteiger partial charge in [0, 0.05) is 5.02 Å². The van der Waals surface area contributed by atoms with Crippen LogP contribution in [0.15, 0.2) is 24.3 Å². The number of halogens is 1. The molecule has 1 aliphatic heterocycles. The molecule has 5 nitrogen and oxygen atoms in total. The summed E-state index contributed by atoms with van der Waals surface area (Å²) in [6, 6.07) is 7.87. The summed E-state index contributed by atoms with van der Waals surface area (Å²) in [6.07, 6.45) is 3.66. The van der Waals surface area contributed by atoms with Crippen LogP contribution in [-0.4, -0.2) is 28.0 Å². The van der Waals surface area contributed by atoms with E-state index >= 15 is 0 Å². The number of likely N-dealkylation sites (tertiary alicyclic amines) is 1. The normalized spacial score (nSPS) is 16.1. The van der Waals surface area contributed by atoms with E-state index in [9.17, 15) is 0 Å². The number of nitrogens with zero attached hydrogens (tertiary/aromatic N) is 3. The molecule has 0 amide bonds. The molecule has 1 fully saturated rings. The Morgan fingerprint density at radius 2 is 1.76 bits per heavy atom. The van der Waals surface area contributed by atoms with E-state index in [-0.39, 0.29) is 12.0 Å². The van der Waals surface area contributed by atoms with Gasteiger partial charge >= 0.3 is 0 Å². The van der Waals surface area contributed by atoms with E-state index in [1.54, 1.807) is 0 Å². The number of nitrogen functional groups attached to an aromatic ring is 2. The third kappa shape index (κ3) is 4.22. The van der Waals surface area contributed by atoms with Crippen molar-refractivity contribution in [1.29, 1.82) is 0 Å². The first kappa shape index (κ1) is 17.5. The zero-order chi connectivity index (χ0) is 17.8. The maximum atomic E-state index is 6.04. The quantitative estimate of drug-likeness (QED) is 0.808. The summed E-state index contributed by atoms with van der Waals surface area (Å²) in [5.74, 6) is 7.06. The van der Waals surface area contributed by atoms with Gasteiger partial charge in [0.05, 0.1) is 17.3 Å². The Kier molecular flexibility index (Phi) is 5.42. The van der Waals surface area contributed by atoms with Crippen molar-refractivity contribution < 1.29 is 0 Å². The second kappa shape index (κ2) is 7.73. The second-order valence-electron chi connectivity index (χ2n) is 6.25. The highest BCUT2D eigenvalue weighted by molar-refractivity contribution is 6.30. The third-order valence-corrected chi connectivity index (χ3v) is 4.66. The van der Waals surface area contributed by atoms with Crippen LogP contribution in [0.1, 0.15) is 42.1 Å². The van der Waals surface area contributed by atoms with Gasteiger partial charge < -0.3 is 11.5 Å². The van der Waals surface area contributed by atoms with Gasteiger partial charge in [0.1, 0.15) is 5.82 Å². The Hall–Kier alpha value is -2.29. The summed E-state index contributed by atoms with van der Waals surface area (Å²) in [5.41, 5.74) is 14.1. The predicted molar refractivity (Wildman–Crippen MR) is 102 cm³/mol. The fraction of sp³-hybridized carbons (Fsp3) is 0.368. The summed E-state index contributed by atoms with van der Waals surface area (Å²) in [7, 11) is 0. The third-order valence-electron chi connectivity index (χ3n) is 4.41. The summed E-state index contributed by atoms with van der Waals surface area (Å²) >= 11 is 6.04. The van der Waals surface area contributed by atoms with Crippen LogP contribution in [0.2, 0.25) is 5.02 Å². The van der Waals surface area contributed by atoms with E-state index in [1.807, 2.05) is 31.2 Å². The van der Waals surface area contributed by atoms with Crippen molar-refractivity contribution in [2.45, 2.75) is 32.2 Å². The van der Waals surface area contributed by atoms with Crippen LogP contribution < -0.4 is 11.5 Å². The molecule has 0 saturated carbocycles. The number of nitrogens with two attached hydrogens (primary N) is 2. The maximum absolute atomic E-state index is 6.04. The summed E-state index contributed by atoms with van der Waals surface area (Å²) < 4.78 is 0. The second-order valence-corrected chi connectivity index (χ2v) is 6.68. The molecule has 1 aliphatic rings. The van der Waals surface area contributed by atoms with Gasteiger partial charge in [-0.1, -0.05) is 42.0 Å². The molecule has 0 radical (unpaired) electrons. The first-order valence-electron chi connectivity index (χ1n) is 8.45. The highest BCUT2D eigenvalue weighted by Gasteiger charge is 2.20. The maximum Gasteiger partial charge on any atom is 0.222 e. The van der Waals surface area contributed by atoms with Crippen LogP contribution in [0.3, 0.4) is 0 Å². The van der Waals surface area contributed by atoms with Crippen molar-refractivity contribution in [1.82, 2.24) is 14.9 Å². The Labute approximate surface area is 153 Å². The molecule has 6 heteroatoms. The van der Waals surface area contributed by atoms with Gasteiger partial charge in [-0.05, 0) is 50.6 Å². The molecule has 1 aromatic carbocycles. The number of piperidine rings is 1. The van der Waals surface area contributed by atoms with Crippen LogP contribution in [0, 0.1) is 18.8 Å². The van der Waals surface area contributed by atoms with E-state index in [2.05, 4.69) is 26.7 Å². The van der Waals surface area contributed by atoms with Gasteiger partial charge in [-0.3, -0.25) is 4.90 Å². The molecule has 130 valence electrons. The molecule has 2 aromatic rings. The molecule has 25 heavy (non-hydrogen) atoms. The lowest BCUT2D eigenvalue weighted by atomic mass is 10.0. The van der Waals surface area contributed by atoms with E-state index in [0.29, 0.717) is 17.1 Å². The lowest BCUT2D eigenvalue weighted by molar-refractivity contribution is 0.197. The minimum absolute atomic E-state index is 0.00563. The minimum Gasteiger partial charge on any atom is -0.382 e. The number of aromatic nitrogens is 2. The van der Waals surface area contributed by atoms with Gasteiger partial charge in [0.15, 0.2) is 0 Å². The van der Waals surface area contributed by atoms with Crippen LogP contribution in [0.25, 0.3) is 0 Å². The minimum atomic E-state index is -0.00563. The van der Waals surface area contributed by atoms with Crippen LogP contribution in [-0.2, 0) is 0 Å². The summed E-state index contributed by atoms with van der Waals surface area (Å²) in [6.45, 7) is 3.92. The van der Waals surface area contributed by atoms with Crippen LogP contribution >= 0.6 is 11.6 Å². The van der Waals surface area contributed by atoms with Crippen molar-refractivity contribution in [3.05, 3.63) is 46.1 Å². The highest BCUT2D eigenvalue weighted by atomic mass is 35.5. The van der Waals surface area contributed by atoms with E-state index in [0.717, 1.165) is 23.7 Å². The number of aryl methyl sites for hydroxylation is 1. The predicted octanol–water partition coefficient (Wildman–Crippen LogP) is 3.18. The first-order chi connectivity index (χ1) is 12.0. The zero-order valence-electron chi connectivity index (χ0n) is 14.3. The fourth-order valence-electron chi connectivity index (χ4n) is 3.12. The Bertz CT molecular complexity index is 778. The smallest absolute Gasteiger partial charge is 0.222 e. The molecular formula is C19H22ClN5. The summed E-state index contributed by atoms with van der Waals surface area (Å²) in [5, 5.41) is 0.723. The molecule has 1 atom stereocenters. The van der Waals surface area contributed by atoms with Gasteiger partial charge in [-0.15, -0.1) is 0 Å². The van der Waals surface area contributed by atoms with Crippen LogP contribution in [0.4, 0.5) is 11.8 Å². The molecule has 4 N–H and O–H groups in total. The van der Waals surface area contributed by atoms with Crippen molar-refractivity contribution in [2.75, 3.05) is 24.6 Å². The fourth-order valence-corrected chi connectivity index (χ4v) is 3.25. The Morgan fingerprint density at radius 1 is 1.08 bits per heavy atom. The molecular weight excluding hydrogens is 334 g/mol. The van der Waals surface area contributed by atoms with Crippen molar-refractivity contribution in [2.24, 2.45) is 0 Å². The Balaban J connectivity index is 1.97. The lowest BCUT2D eigenvalue weighted by Crippen LogP contribution is -2.33. The SMILES string of the molecule is Cc1nc(N)nc(N)c1C#CC(c1ccc(Cl)cc1)N1CCCCC1. The number of hydrogen-bond donors (Lipinski definition) is 2. The number of benzene rings is 1. The van der Waals surface area contributed by atoms with Gasteiger partial charge in [0.25, 0.3) is 0 Å². The largest absolute Gasteiger partial charge is 0.382 e. The summed E-state index contributed by atoms with van der Waals surface area (Å²) in [4.78, 5) is 10.6. The van der Waals surface area contributed by atoms with E-state index in [4.69, 9.17) is 23.1 Å². The van der Waals surface area contributed by atoms with E-state index < -0.39 is 0 Å². The van der Waals surface area contributed by atoms with Gasteiger partial charge in [0.2, 0.25) is 5.95 Å². The standard InChI is InChI=1S/C19H22ClN5/c1-13-16(18(21)24-19(22)23-13)9-10-17(25-11-3-2-4-12-25)14-5-7-15(20)8-6-14/h5-8,17H,2-4,11-12H2,1H3,(H4,21,22,23,24). The van der Waals surface area contributed by atoms with Crippen LogP contribution in [0.5, 0.6) is 0 Å². The highest BCUT2D eigenvalue weighted by Crippen LogP contribution is 2.26. The number of rotatable bonds is 2. The first-order valence-corrected chi connectivity index (χ1v) is 8.83. The van der Waals surface area contributed by atoms with Crippen molar-refractivity contribution in [3.63, 3.8) is 0 Å². The molecule has 0 aliphatic carbocycles. The van der Waals surface area contributed by atoms with Crippen molar-refractivity contribution >= 4 is 23.4 Å². The molecule has 1 unspecified atom stereocenters. The molecule has 2 heterocycles. The molecule has 0 bridgehead atoms. The number of anilines is 2. The number of hydrogen-bond acceptors (Lipinski definition) is 5. The van der Waals surface area contributed by atoms with Gasteiger partial charge in [-0.2, -0.15) is 4.98 Å². The zero-order valence-corrected chi connectivity index (χ0v) is 15.1. The molecule has 3 rings (SSSR count). The van der Waals surface area contributed by atoms with E-state index in [1.165, 1.54) is 19.3 Å². The molecule has 1 aromatic heterocycles.